The monoisotopic (exact) mass is 292 g/mol. The summed E-state index contributed by atoms with van der Waals surface area (Å²) in [4.78, 5) is 0. The number of hydrogen-bond donors (Lipinski definition) is 0. The van der Waals surface area contributed by atoms with E-state index in [1.54, 1.807) is 0 Å². The molecule has 6 heteroatoms. The lowest BCUT2D eigenvalue weighted by atomic mass is 10.3. The van der Waals surface area contributed by atoms with E-state index in [1.165, 1.54) is 0 Å². The molecule has 19 heavy (non-hydrogen) atoms. The van der Waals surface area contributed by atoms with Crippen LogP contribution < -0.4 is 0 Å². The number of ether oxygens (including phenoxy) is 2. The predicted molar refractivity (Wildman–Crippen MR) is 75.0 cm³/mol. The standard InChI is InChI=1S/C13H28O5Si/c1-5-9-13(15-11-12-10-14-12)19(16-6-2,17-7-3)18-8-4/h12-13H,5-11H2,1-4H3. The predicted octanol–water partition coefficient (Wildman–Crippen LogP) is 2.16. The van der Waals surface area contributed by atoms with E-state index in [9.17, 15) is 0 Å². The van der Waals surface area contributed by atoms with Crippen molar-refractivity contribution >= 4 is 8.80 Å². The van der Waals surface area contributed by atoms with Crippen LogP contribution in [0.15, 0.2) is 0 Å². The summed E-state index contributed by atoms with van der Waals surface area (Å²) in [7, 11) is -2.76. The summed E-state index contributed by atoms with van der Waals surface area (Å²) in [5, 5.41) is 0. The lowest BCUT2D eigenvalue weighted by molar-refractivity contribution is -0.0166. The summed E-state index contributed by atoms with van der Waals surface area (Å²) < 4.78 is 28.9. The summed E-state index contributed by atoms with van der Waals surface area (Å²) in [5.74, 6) is 0. The molecule has 0 N–H and O–H groups in total. The third kappa shape index (κ3) is 5.49. The second-order valence-electron chi connectivity index (χ2n) is 4.47. The van der Waals surface area contributed by atoms with Crippen LogP contribution in [-0.2, 0) is 22.8 Å². The molecule has 0 aromatic rings. The Morgan fingerprint density at radius 1 is 1.05 bits per heavy atom. The third-order valence-corrected chi connectivity index (χ3v) is 6.18. The van der Waals surface area contributed by atoms with Gasteiger partial charge in [0.15, 0.2) is 0 Å². The van der Waals surface area contributed by atoms with Gasteiger partial charge in [-0.1, -0.05) is 13.3 Å². The van der Waals surface area contributed by atoms with Crippen molar-refractivity contribution in [2.24, 2.45) is 0 Å². The van der Waals surface area contributed by atoms with Crippen molar-refractivity contribution < 1.29 is 22.8 Å². The lowest BCUT2D eigenvalue weighted by Gasteiger charge is -2.34. The van der Waals surface area contributed by atoms with Gasteiger partial charge in [-0.15, -0.1) is 0 Å². The Morgan fingerprint density at radius 3 is 1.95 bits per heavy atom. The smallest absolute Gasteiger partial charge is 0.372 e. The van der Waals surface area contributed by atoms with E-state index in [0.29, 0.717) is 26.4 Å². The van der Waals surface area contributed by atoms with Crippen LogP contribution in [0.25, 0.3) is 0 Å². The van der Waals surface area contributed by atoms with E-state index in [2.05, 4.69) is 6.92 Å². The molecule has 0 bridgehead atoms. The van der Waals surface area contributed by atoms with Gasteiger partial charge in [-0.05, 0) is 27.2 Å². The van der Waals surface area contributed by atoms with Crippen molar-refractivity contribution in [1.29, 1.82) is 0 Å². The van der Waals surface area contributed by atoms with Crippen LogP contribution in [0.1, 0.15) is 40.5 Å². The molecular weight excluding hydrogens is 264 g/mol. The highest BCUT2D eigenvalue weighted by atomic mass is 28.4. The molecule has 1 fully saturated rings. The van der Waals surface area contributed by atoms with Crippen LogP contribution in [0.3, 0.4) is 0 Å². The van der Waals surface area contributed by atoms with Gasteiger partial charge < -0.3 is 22.8 Å². The zero-order valence-electron chi connectivity index (χ0n) is 12.6. The Hall–Kier alpha value is 0.0169. The van der Waals surface area contributed by atoms with Crippen LogP contribution in [0.4, 0.5) is 0 Å². The van der Waals surface area contributed by atoms with Crippen molar-refractivity contribution in [1.82, 2.24) is 0 Å². The molecule has 0 aromatic carbocycles. The Balaban J connectivity index is 2.71. The van der Waals surface area contributed by atoms with Crippen molar-refractivity contribution in [3.63, 3.8) is 0 Å². The Kier molecular flexibility index (Phi) is 8.13. The highest BCUT2D eigenvalue weighted by Crippen LogP contribution is 2.23. The molecule has 1 aliphatic heterocycles. The fraction of sp³-hybridized carbons (Fsp3) is 1.00. The molecule has 0 radical (unpaired) electrons. The zero-order valence-corrected chi connectivity index (χ0v) is 13.6. The Bertz CT molecular complexity index is 218. The molecular formula is C13H28O5Si. The molecule has 1 saturated heterocycles. The van der Waals surface area contributed by atoms with Gasteiger partial charge in [0.1, 0.15) is 11.8 Å². The normalized spacial score (nSPS) is 20.5. The fourth-order valence-electron chi connectivity index (χ4n) is 2.02. The van der Waals surface area contributed by atoms with Gasteiger partial charge in [-0.2, -0.15) is 0 Å². The second kappa shape index (κ2) is 9.04. The average molecular weight is 292 g/mol. The molecule has 0 amide bonds. The minimum Gasteiger partial charge on any atom is -0.372 e. The molecule has 1 aliphatic rings. The van der Waals surface area contributed by atoms with Gasteiger partial charge in [0.05, 0.1) is 13.2 Å². The fourth-order valence-corrected chi connectivity index (χ4v) is 4.98. The van der Waals surface area contributed by atoms with E-state index in [1.807, 2.05) is 20.8 Å². The van der Waals surface area contributed by atoms with Crippen molar-refractivity contribution in [2.75, 3.05) is 33.0 Å². The Morgan fingerprint density at radius 2 is 1.58 bits per heavy atom. The molecule has 0 aromatic heterocycles. The van der Waals surface area contributed by atoms with Crippen molar-refractivity contribution in [3.05, 3.63) is 0 Å². The zero-order chi connectivity index (χ0) is 14.1. The van der Waals surface area contributed by atoms with Gasteiger partial charge in [-0.25, -0.2) is 0 Å². The van der Waals surface area contributed by atoms with Crippen LogP contribution in [0.5, 0.6) is 0 Å². The Labute approximate surface area is 117 Å². The van der Waals surface area contributed by atoms with Crippen molar-refractivity contribution in [3.8, 4) is 0 Å². The summed E-state index contributed by atoms with van der Waals surface area (Å²) in [6, 6.07) is 0. The maximum absolute atomic E-state index is 5.99. The first-order valence-electron chi connectivity index (χ1n) is 7.37. The van der Waals surface area contributed by atoms with Gasteiger partial charge >= 0.3 is 8.80 Å². The first-order valence-corrected chi connectivity index (χ1v) is 9.17. The average Bonchev–Trinajstić information content (AvgIpc) is 3.19. The molecule has 0 saturated carbocycles. The van der Waals surface area contributed by atoms with Crippen LogP contribution in [-0.4, -0.2) is 53.7 Å². The van der Waals surface area contributed by atoms with E-state index in [-0.39, 0.29) is 11.8 Å². The summed E-state index contributed by atoms with van der Waals surface area (Å²) in [6.07, 6.45) is 2.15. The highest BCUT2D eigenvalue weighted by molar-refractivity contribution is 6.62. The minimum atomic E-state index is -2.76. The summed E-state index contributed by atoms with van der Waals surface area (Å²) >= 11 is 0. The first kappa shape index (κ1) is 17.1. The van der Waals surface area contributed by atoms with Gasteiger partial charge in [0, 0.05) is 19.8 Å². The molecule has 5 nitrogen and oxygen atoms in total. The quantitative estimate of drug-likeness (QED) is 0.407. The van der Waals surface area contributed by atoms with Gasteiger partial charge in [0.2, 0.25) is 0 Å². The second-order valence-corrected chi connectivity index (χ2v) is 7.19. The number of rotatable bonds is 12. The number of hydrogen-bond acceptors (Lipinski definition) is 5. The summed E-state index contributed by atoms with van der Waals surface area (Å²) in [6.45, 7) is 11.2. The minimum absolute atomic E-state index is 0.0958. The lowest BCUT2D eigenvalue weighted by Crippen LogP contribution is -2.57. The van der Waals surface area contributed by atoms with Crippen molar-refractivity contribution in [2.45, 2.75) is 52.4 Å². The van der Waals surface area contributed by atoms with Crippen LogP contribution in [0.2, 0.25) is 0 Å². The molecule has 114 valence electrons. The largest absolute Gasteiger partial charge is 0.531 e. The van der Waals surface area contributed by atoms with E-state index >= 15 is 0 Å². The van der Waals surface area contributed by atoms with Gasteiger partial charge in [0.25, 0.3) is 0 Å². The topological polar surface area (TPSA) is 49.5 Å². The molecule has 0 spiro atoms. The number of epoxide rings is 1. The SMILES string of the molecule is CCCC(OCC1CO1)[Si](OCC)(OCC)OCC. The highest BCUT2D eigenvalue weighted by Gasteiger charge is 2.50. The van der Waals surface area contributed by atoms with E-state index < -0.39 is 8.80 Å². The van der Waals surface area contributed by atoms with Gasteiger partial charge in [-0.3, -0.25) is 0 Å². The molecule has 2 unspecified atom stereocenters. The third-order valence-electron chi connectivity index (χ3n) is 2.87. The van der Waals surface area contributed by atoms with Crippen LogP contribution >= 0.6 is 0 Å². The molecule has 1 rings (SSSR count). The van der Waals surface area contributed by atoms with E-state index in [0.717, 1.165) is 19.4 Å². The molecule has 1 heterocycles. The molecule has 0 aliphatic carbocycles. The van der Waals surface area contributed by atoms with Crippen LogP contribution in [0, 0.1) is 0 Å². The maximum Gasteiger partial charge on any atom is 0.531 e. The van der Waals surface area contributed by atoms with E-state index in [4.69, 9.17) is 22.8 Å². The summed E-state index contributed by atoms with van der Waals surface area (Å²) in [5.41, 5.74) is -0.0958. The molecule has 2 atom stereocenters. The maximum atomic E-state index is 5.99. The first-order chi connectivity index (χ1) is 9.22.